The SMILES string of the molecule is COc1ccccc1CCNCCC(=O)Nc1ccc(Br)c(C)c1. The van der Waals surface area contributed by atoms with Crippen molar-refractivity contribution in [3.05, 3.63) is 58.1 Å². The zero-order valence-corrected chi connectivity index (χ0v) is 15.7. The summed E-state index contributed by atoms with van der Waals surface area (Å²) >= 11 is 3.45. The van der Waals surface area contributed by atoms with Crippen molar-refractivity contribution in [2.75, 3.05) is 25.5 Å². The Balaban J connectivity index is 1.68. The molecule has 2 N–H and O–H groups in total. The molecule has 0 aliphatic carbocycles. The van der Waals surface area contributed by atoms with E-state index < -0.39 is 0 Å². The highest BCUT2D eigenvalue weighted by atomic mass is 79.9. The molecule has 0 fully saturated rings. The maximum atomic E-state index is 12.0. The molecule has 0 aromatic heterocycles. The third kappa shape index (κ3) is 5.65. The minimum Gasteiger partial charge on any atom is -0.496 e. The molecule has 1 amide bonds. The number of halogens is 1. The summed E-state index contributed by atoms with van der Waals surface area (Å²) in [6, 6.07) is 13.8. The van der Waals surface area contributed by atoms with Crippen molar-refractivity contribution in [1.82, 2.24) is 5.32 Å². The Morgan fingerprint density at radius 3 is 2.71 bits per heavy atom. The topological polar surface area (TPSA) is 50.4 Å². The number of hydrogen-bond acceptors (Lipinski definition) is 3. The number of ether oxygens (including phenoxy) is 1. The zero-order chi connectivity index (χ0) is 17.4. The average molecular weight is 391 g/mol. The number of hydrogen-bond donors (Lipinski definition) is 2. The quantitative estimate of drug-likeness (QED) is 0.671. The summed E-state index contributed by atoms with van der Waals surface area (Å²) in [5, 5.41) is 6.22. The van der Waals surface area contributed by atoms with Crippen LogP contribution in [0.4, 0.5) is 5.69 Å². The van der Waals surface area contributed by atoms with Gasteiger partial charge in [0.25, 0.3) is 0 Å². The van der Waals surface area contributed by atoms with Gasteiger partial charge in [-0.2, -0.15) is 0 Å². The smallest absolute Gasteiger partial charge is 0.225 e. The predicted molar refractivity (Wildman–Crippen MR) is 102 cm³/mol. The lowest BCUT2D eigenvalue weighted by molar-refractivity contribution is -0.116. The summed E-state index contributed by atoms with van der Waals surface area (Å²) in [5.74, 6) is 0.921. The summed E-state index contributed by atoms with van der Waals surface area (Å²) in [4.78, 5) is 12.0. The fourth-order valence-electron chi connectivity index (χ4n) is 2.41. The number of carbonyl (C=O) groups is 1. The van der Waals surface area contributed by atoms with Crippen LogP contribution in [0, 0.1) is 6.92 Å². The Morgan fingerprint density at radius 1 is 1.17 bits per heavy atom. The van der Waals surface area contributed by atoms with E-state index in [-0.39, 0.29) is 5.91 Å². The van der Waals surface area contributed by atoms with Gasteiger partial charge in [-0.1, -0.05) is 34.1 Å². The molecule has 0 spiro atoms. The number of amides is 1. The van der Waals surface area contributed by atoms with Gasteiger partial charge in [-0.15, -0.1) is 0 Å². The average Bonchev–Trinajstić information content (AvgIpc) is 2.58. The van der Waals surface area contributed by atoms with Crippen molar-refractivity contribution in [1.29, 1.82) is 0 Å². The van der Waals surface area contributed by atoms with E-state index in [1.165, 1.54) is 5.56 Å². The van der Waals surface area contributed by atoms with Gasteiger partial charge in [-0.3, -0.25) is 4.79 Å². The molecule has 0 aliphatic heterocycles. The van der Waals surface area contributed by atoms with Gasteiger partial charge in [-0.05, 0) is 55.3 Å². The van der Waals surface area contributed by atoms with E-state index in [9.17, 15) is 4.79 Å². The van der Waals surface area contributed by atoms with Gasteiger partial charge in [0.05, 0.1) is 7.11 Å². The Hall–Kier alpha value is -1.85. The minimum absolute atomic E-state index is 0.0153. The molecule has 0 aliphatic rings. The van der Waals surface area contributed by atoms with Crippen LogP contribution < -0.4 is 15.4 Å². The van der Waals surface area contributed by atoms with E-state index >= 15 is 0 Å². The van der Waals surface area contributed by atoms with Crippen molar-refractivity contribution in [3.8, 4) is 5.75 Å². The molecular weight excluding hydrogens is 368 g/mol. The number of methoxy groups -OCH3 is 1. The van der Waals surface area contributed by atoms with Crippen molar-refractivity contribution < 1.29 is 9.53 Å². The van der Waals surface area contributed by atoms with Crippen LogP contribution in [-0.4, -0.2) is 26.1 Å². The van der Waals surface area contributed by atoms with Gasteiger partial charge >= 0.3 is 0 Å². The van der Waals surface area contributed by atoms with Crippen LogP contribution in [0.15, 0.2) is 46.9 Å². The molecule has 4 nitrogen and oxygen atoms in total. The first-order chi connectivity index (χ1) is 11.6. The molecule has 128 valence electrons. The van der Waals surface area contributed by atoms with E-state index in [1.54, 1.807) is 7.11 Å². The second-order valence-corrected chi connectivity index (χ2v) is 6.43. The van der Waals surface area contributed by atoms with E-state index in [0.717, 1.165) is 34.4 Å². The molecule has 24 heavy (non-hydrogen) atoms. The van der Waals surface area contributed by atoms with Crippen LogP contribution in [0.1, 0.15) is 17.5 Å². The van der Waals surface area contributed by atoms with Gasteiger partial charge in [0.2, 0.25) is 5.91 Å². The maximum Gasteiger partial charge on any atom is 0.225 e. The highest BCUT2D eigenvalue weighted by Gasteiger charge is 2.04. The second-order valence-electron chi connectivity index (χ2n) is 5.57. The molecule has 0 saturated heterocycles. The molecule has 2 rings (SSSR count). The van der Waals surface area contributed by atoms with Gasteiger partial charge in [-0.25, -0.2) is 0 Å². The summed E-state index contributed by atoms with van der Waals surface area (Å²) in [5.41, 5.74) is 3.10. The number of anilines is 1. The normalized spacial score (nSPS) is 10.5. The monoisotopic (exact) mass is 390 g/mol. The molecular formula is C19H23BrN2O2. The first-order valence-electron chi connectivity index (χ1n) is 7.99. The number of rotatable bonds is 8. The Labute approximate surface area is 151 Å². The zero-order valence-electron chi connectivity index (χ0n) is 14.1. The van der Waals surface area contributed by atoms with Gasteiger partial charge in [0, 0.05) is 23.1 Å². The fourth-order valence-corrected chi connectivity index (χ4v) is 2.65. The van der Waals surface area contributed by atoms with Gasteiger partial charge < -0.3 is 15.4 Å². The third-order valence-electron chi connectivity index (χ3n) is 3.73. The summed E-state index contributed by atoms with van der Waals surface area (Å²) in [7, 11) is 1.68. The summed E-state index contributed by atoms with van der Waals surface area (Å²) in [6.45, 7) is 3.46. The molecule has 0 unspecified atom stereocenters. The molecule has 2 aromatic rings. The predicted octanol–water partition coefficient (Wildman–Crippen LogP) is 3.93. The first-order valence-corrected chi connectivity index (χ1v) is 8.78. The highest BCUT2D eigenvalue weighted by Crippen LogP contribution is 2.20. The molecule has 0 heterocycles. The van der Waals surface area contributed by atoms with E-state index in [0.29, 0.717) is 13.0 Å². The number of benzene rings is 2. The van der Waals surface area contributed by atoms with Crippen LogP contribution in [0.3, 0.4) is 0 Å². The maximum absolute atomic E-state index is 12.0. The number of para-hydroxylation sites is 1. The van der Waals surface area contributed by atoms with Crippen LogP contribution in [0.5, 0.6) is 5.75 Å². The first kappa shape index (κ1) is 18.5. The molecule has 5 heteroatoms. The van der Waals surface area contributed by atoms with Gasteiger partial charge in [0.15, 0.2) is 0 Å². The van der Waals surface area contributed by atoms with Crippen molar-refractivity contribution in [2.45, 2.75) is 19.8 Å². The van der Waals surface area contributed by atoms with Gasteiger partial charge in [0.1, 0.15) is 5.75 Å². The minimum atomic E-state index is 0.0153. The number of nitrogens with one attached hydrogen (secondary N) is 2. The Bertz CT molecular complexity index is 689. The lowest BCUT2D eigenvalue weighted by Gasteiger charge is -2.09. The largest absolute Gasteiger partial charge is 0.496 e. The molecule has 0 radical (unpaired) electrons. The summed E-state index contributed by atoms with van der Waals surface area (Å²) in [6.07, 6.45) is 1.32. The highest BCUT2D eigenvalue weighted by molar-refractivity contribution is 9.10. The standard InChI is InChI=1S/C19H23BrN2O2/c1-14-13-16(7-8-17(14)20)22-19(23)10-12-21-11-9-15-5-3-4-6-18(15)24-2/h3-8,13,21H,9-12H2,1-2H3,(H,22,23). The molecule has 2 aromatic carbocycles. The van der Waals surface area contributed by atoms with Crippen molar-refractivity contribution in [2.24, 2.45) is 0 Å². The van der Waals surface area contributed by atoms with Crippen LogP contribution in [-0.2, 0) is 11.2 Å². The third-order valence-corrected chi connectivity index (χ3v) is 4.62. The van der Waals surface area contributed by atoms with E-state index in [4.69, 9.17) is 4.74 Å². The Kier molecular flexibility index (Phi) is 7.28. The van der Waals surface area contributed by atoms with Crippen LogP contribution >= 0.6 is 15.9 Å². The van der Waals surface area contributed by atoms with E-state index in [2.05, 4.69) is 32.6 Å². The second kappa shape index (κ2) is 9.45. The summed E-state index contributed by atoms with van der Waals surface area (Å²) < 4.78 is 6.37. The van der Waals surface area contributed by atoms with E-state index in [1.807, 2.05) is 43.3 Å². The number of aryl methyl sites for hydroxylation is 1. The Morgan fingerprint density at radius 2 is 1.96 bits per heavy atom. The molecule has 0 bridgehead atoms. The molecule has 0 atom stereocenters. The molecule has 0 saturated carbocycles. The van der Waals surface area contributed by atoms with Crippen molar-refractivity contribution in [3.63, 3.8) is 0 Å². The van der Waals surface area contributed by atoms with Crippen LogP contribution in [0.25, 0.3) is 0 Å². The van der Waals surface area contributed by atoms with Crippen molar-refractivity contribution >= 4 is 27.5 Å². The number of carbonyl (C=O) groups excluding carboxylic acids is 1. The van der Waals surface area contributed by atoms with Crippen LogP contribution in [0.2, 0.25) is 0 Å². The lowest BCUT2D eigenvalue weighted by atomic mass is 10.1. The fraction of sp³-hybridized carbons (Fsp3) is 0.316. The lowest BCUT2D eigenvalue weighted by Crippen LogP contribution is -2.23.